The summed E-state index contributed by atoms with van der Waals surface area (Å²) >= 11 is 0. The van der Waals surface area contributed by atoms with Crippen LogP contribution in [0, 0.1) is 29.4 Å². The van der Waals surface area contributed by atoms with Gasteiger partial charge in [0.2, 0.25) is 5.91 Å². The fourth-order valence-electron chi connectivity index (χ4n) is 7.00. The van der Waals surface area contributed by atoms with Crippen molar-refractivity contribution in [2.45, 2.75) is 49.7 Å². The normalized spacial score (nSPS) is 32.2. The maximum Gasteiger partial charge on any atom is 0.235 e. The van der Waals surface area contributed by atoms with Crippen LogP contribution in [-0.4, -0.2) is 44.1 Å². The number of ether oxygens (including phenoxy) is 1. The largest absolute Gasteiger partial charge is 0.497 e. The molecule has 3 fully saturated rings. The Bertz CT molecular complexity index is 1240. The third kappa shape index (κ3) is 4.15. The number of hydrogen-bond donors (Lipinski definition) is 3. The molecule has 3 N–H and O–H groups in total. The first-order chi connectivity index (χ1) is 17.8. The van der Waals surface area contributed by atoms with Gasteiger partial charge in [0.25, 0.3) is 0 Å². The molecule has 1 saturated heterocycles. The van der Waals surface area contributed by atoms with E-state index in [2.05, 4.69) is 16.2 Å². The van der Waals surface area contributed by atoms with E-state index >= 15 is 0 Å². The molecule has 2 aromatic carbocycles. The summed E-state index contributed by atoms with van der Waals surface area (Å²) in [4.78, 5) is 14.8. The first kappa shape index (κ1) is 24.5. The highest BCUT2D eigenvalue weighted by Gasteiger charge is 2.67. The van der Waals surface area contributed by atoms with Crippen LogP contribution in [-0.2, 0) is 16.8 Å². The maximum absolute atomic E-state index is 14.5. The molecule has 2 saturated carbocycles. The van der Waals surface area contributed by atoms with Crippen LogP contribution >= 0.6 is 0 Å². The van der Waals surface area contributed by atoms with Crippen molar-refractivity contribution in [1.82, 2.24) is 15.8 Å². The van der Waals surface area contributed by atoms with Crippen molar-refractivity contribution in [1.29, 1.82) is 0 Å². The Morgan fingerprint density at radius 1 is 1.14 bits per heavy atom. The van der Waals surface area contributed by atoms with Gasteiger partial charge in [0.05, 0.1) is 12.5 Å². The van der Waals surface area contributed by atoms with Gasteiger partial charge in [-0.3, -0.25) is 15.6 Å². The SMILES string of the molecule is COc1ccc2c(c1)[C@]1(C[C@H]1C1CCC3C(/C=C/c4cc(F)c(CN(C)C)c(F)c4)NNC3C1)C(=O)N2. The second kappa shape index (κ2) is 9.19. The van der Waals surface area contributed by atoms with E-state index in [0.29, 0.717) is 29.4 Å². The average Bonchev–Trinajstić information content (AvgIpc) is 3.41. The summed E-state index contributed by atoms with van der Waals surface area (Å²) in [5.74, 6) is 1.08. The number of nitrogens with zero attached hydrogens (tertiary/aromatic N) is 1. The number of benzene rings is 2. The number of rotatable bonds is 6. The van der Waals surface area contributed by atoms with Gasteiger partial charge in [-0.15, -0.1) is 0 Å². The predicted octanol–water partition coefficient (Wildman–Crippen LogP) is 4.22. The molecular formula is C29H34F2N4O2. The lowest BCUT2D eigenvalue weighted by molar-refractivity contribution is -0.118. The quantitative estimate of drug-likeness (QED) is 0.546. The van der Waals surface area contributed by atoms with Gasteiger partial charge in [-0.05, 0) is 99.0 Å². The van der Waals surface area contributed by atoms with Crippen molar-refractivity contribution in [3.8, 4) is 5.75 Å². The maximum atomic E-state index is 14.5. The molecule has 2 heterocycles. The zero-order chi connectivity index (χ0) is 25.9. The van der Waals surface area contributed by atoms with Crippen molar-refractivity contribution in [2.75, 3.05) is 26.5 Å². The van der Waals surface area contributed by atoms with Crippen LogP contribution in [0.15, 0.2) is 36.4 Å². The molecule has 0 bridgehead atoms. The molecule has 4 unspecified atom stereocenters. The summed E-state index contributed by atoms with van der Waals surface area (Å²) in [5.41, 5.74) is 9.05. The van der Waals surface area contributed by atoms with Crippen LogP contribution in [0.25, 0.3) is 6.08 Å². The molecule has 1 amide bonds. The first-order valence-electron chi connectivity index (χ1n) is 13.1. The standard InChI is InChI=1S/C29H34F2N4O2/c1-35(2)15-20-23(30)10-16(11-24(20)31)4-8-25-19-7-5-17(12-27(19)34-33-25)22-14-29(22)21-13-18(37-3)6-9-26(21)32-28(29)36/h4,6,8-11,13,17,19,22,25,27,33-34H,5,7,12,14-15H2,1-3H3,(H,32,36)/b8-4+/t17?,19?,22-,25?,27?,29-/m0/s1. The highest BCUT2D eigenvalue weighted by atomic mass is 19.1. The third-order valence-corrected chi connectivity index (χ3v) is 8.92. The van der Waals surface area contributed by atoms with Gasteiger partial charge in [0.1, 0.15) is 17.4 Å². The lowest BCUT2D eigenvalue weighted by atomic mass is 9.73. The van der Waals surface area contributed by atoms with E-state index in [0.717, 1.165) is 42.7 Å². The van der Waals surface area contributed by atoms with Crippen LogP contribution in [0.5, 0.6) is 5.75 Å². The number of amides is 1. The molecule has 2 aliphatic heterocycles. The molecule has 6 rings (SSSR count). The third-order valence-electron chi connectivity index (χ3n) is 8.92. The van der Waals surface area contributed by atoms with E-state index in [1.807, 2.05) is 30.4 Å². The second-order valence-corrected chi connectivity index (χ2v) is 11.4. The number of carbonyl (C=O) groups is 1. The smallest absolute Gasteiger partial charge is 0.235 e. The summed E-state index contributed by atoms with van der Waals surface area (Å²) in [7, 11) is 5.23. The molecule has 196 valence electrons. The van der Waals surface area contributed by atoms with E-state index in [1.54, 1.807) is 26.1 Å². The Hall–Kier alpha value is -2.81. The van der Waals surface area contributed by atoms with Gasteiger partial charge >= 0.3 is 0 Å². The van der Waals surface area contributed by atoms with E-state index < -0.39 is 17.0 Å². The minimum absolute atomic E-state index is 0.0893. The molecule has 0 radical (unpaired) electrons. The Balaban J connectivity index is 1.12. The number of anilines is 1. The zero-order valence-electron chi connectivity index (χ0n) is 21.5. The summed E-state index contributed by atoms with van der Waals surface area (Å²) < 4.78 is 34.4. The topological polar surface area (TPSA) is 65.6 Å². The Kier molecular flexibility index (Phi) is 6.09. The molecule has 4 aliphatic rings. The van der Waals surface area contributed by atoms with Gasteiger partial charge in [0, 0.05) is 29.9 Å². The number of nitrogens with one attached hydrogen (secondary N) is 3. The number of hydrazine groups is 1. The number of halogens is 2. The predicted molar refractivity (Wildman–Crippen MR) is 139 cm³/mol. The fraction of sp³-hybridized carbons (Fsp3) is 0.483. The summed E-state index contributed by atoms with van der Waals surface area (Å²) in [6, 6.07) is 9.06. The fourth-order valence-corrected chi connectivity index (χ4v) is 7.00. The highest BCUT2D eigenvalue weighted by Crippen LogP contribution is 2.65. The van der Waals surface area contributed by atoms with Gasteiger partial charge in [-0.1, -0.05) is 12.2 Å². The molecular weight excluding hydrogens is 474 g/mol. The summed E-state index contributed by atoms with van der Waals surface area (Å²) in [6.07, 6.45) is 7.82. The van der Waals surface area contributed by atoms with E-state index in [-0.39, 0.29) is 24.1 Å². The molecule has 37 heavy (non-hydrogen) atoms. The van der Waals surface area contributed by atoms with Crippen molar-refractivity contribution in [3.05, 3.63) is 64.7 Å². The van der Waals surface area contributed by atoms with Gasteiger partial charge in [0.15, 0.2) is 0 Å². The average molecular weight is 509 g/mol. The van der Waals surface area contributed by atoms with Crippen LogP contribution < -0.4 is 20.9 Å². The van der Waals surface area contributed by atoms with E-state index in [9.17, 15) is 13.6 Å². The summed E-state index contributed by atoms with van der Waals surface area (Å²) in [6.45, 7) is 0.226. The first-order valence-corrected chi connectivity index (χ1v) is 13.1. The molecule has 2 aliphatic carbocycles. The number of hydrogen-bond acceptors (Lipinski definition) is 5. The molecule has 0 aromatic heterocycles. The van der Waals surface area contributed by atoms with Crippen molar-refractivity contribution < 1.29 is 18.3 Å². The highest BCUT2D eigenvalue weighted by molar-refractivity contribution is 6.09. The van der Waals surface area contributed by atoms with Gasteiger partial charge < -0.3 is 15.0 Å². The van der Waals surface area contributed by atoms with Crippen LogP contribution in [0.2, 0.25) is 0 Å². The molecule has 6 atom stereocenters. The molecule has 2 aromatic rings. The second-order valence-electron chi connectivity index (χ2n) is 11.4. The van der Waals surface area contributed by atoms with Crippen LogP contribution in [0.1, 0.15) is 42.4 Å². The lowest BCUT2D eigenvalue weighted by Gasteiger charge is -2.33. The van der Waals surface area contributed by atoms with E-state index in [1.165, 1.54) is 12.1 Å². The van der Waals surface area contributed by atoms with Crippen LogP contribution in [0.4, 0.5) is 14.5 Å². The Morgan fingerprint density at radius 3 is 2.65 bits per heavy atom. The lowest BCUT2D eigenvalue weighted by Crippen LogP contribution is -2.37. The van der Waals surface area contributed by atoms with Crippen LogP contribution in [0.3, 0.4) is 0 Å². The summed E-state index contributed by atoms with van der Waals surface area (Å²) in [5, 5.41) is 3.09. The minimum Gasteiger partial charge on any atom is -0.497 e. The number of carbonyl (C=O) groups excluding carboxylic acids is 1. The Labute approximate surface area is 216 Å². The van der Waals surface area contributed by atoms with Gasteiger partial charge in [-0.2, -0.15) is 0 Å². The van der Waals surface area contributed by atoms with Gasteiger partial charge in [-0.25, -0.2) is 8.78 Å². The monoisotopic (exact) mass is 508 g/mol. The number of methoxy groups -OCH3 is 1. The van der Waals surface area contributed by atoms with Crippen molar-refractivity contribution in [3.63, 3.8) is 0 Å². The van der Waals surface area contributed by atoms with Crippen molar-refractivity contribution >= 4 is 17.7 Å². The van der Waals surface area contributed by atoms with Crippen molar-refractivity contribution in [2.24, 2.45) is 17.8 Å². The minimum atomic E-state index is -0.516. The molecule has 1 spiro atoms. The molecule has 8 heteroatoms. The van der Waals surface area contributed by atoms with E-state index in [4.69, 9.17) is 4.74 Å². The Morgan fingerprint density at radius 2 is 1.92 bits per heavy atom. The zero-order valence-corrected chi connectivity index (χ0v) is 21.5. The number of fused-ring (bicyclic) bond motifs is 3. The molecule has 6 nitrogen and oxygen atoms in total.